The molecule has 1 fully saturated rings. The summed E-state index contributed by atoms with van der Waals surface area (Å²) in [5, 5.41) is 0. The molecule has 0 spiro atoms. The minimum Gasteiger partial charge on any atom is -0.330 e. The summed E-state index contributed by atoms with van der Waals surface area (Å²) < 4.78 is 56.0. The van der Waals surface area contributed by atoms with Gasteiger partial charge in [-0.25, -0.2) is 17.2 Å². The molecular weight excluding hydrogens is 448 g/mol. The van der Waals surface area contributed by atoms with Gasteiger partial charge in [0.15, 0.2) is 0 Å². The molecule has 0 aliphatic carbocycles. The number of nitrogens with zero attached hydrogens (tertiary/aromatic N) is 1. The number of pyridine rings is 1. The summed E-state index contributed by atoms with van der Waals surface area (Å²) in [6.45, 7) is 3.05. The van der Waals surface area contributed by atoms with E-state index in [1.54, 1.807) is 4.57 Å². The van der Waals surface area contributed by atoms with Crippen LogP contribution in [0.4, 0.5) is 14.5 Å². The number of sulfonamides is 1. The number of anilines is 1. The summed E-state index contributed by atoms with van der Waals surface area (Å²) in [6.07, 6.45) is 0.987. The molecular formula is C24H24F2N3O3S+. The van der Waals surface area contributed by atoms with E-state index in [0.717, 1.165) is 49.4 Å². The number of likely N-dealkylation sites (tertiary alicyclic amines) is 1. The van der Waals surface area contributed by atoms with E-state index in [-0.39, 0.29) is 27.9 Å². The van der Waals surface area contributed by atoms with Gasteiger partial charge in [-0.1, -0.05) is 18.2 Å². The van der Waals surface area contributed by atoms with Crippen molar-refractivity contribution in [1.82, 2.24) is 4.57 Å². The molecule has 3 aromatic rings. The summed E-state index contributed by atoms with van der Waals surface area (Å²) >= 11 is 0. The summed E-state index contributed by atoms with van der Waals surface area (Å²) in [5.74, 6) is -0.434. The van der Waals surface area contributed by atoms with Crippen LogP contribution in [-0.2, 0) is 23.1 Å². The van der Waals surface area contributed by atoms with Gasteiger partial charge < -0.3 is 9.47 Å². The van der Waals surface area contributed by atoms with Crippen LogP contribution in [0.2, 0.25) is 0 Å². The van der Waals surface area contributed by atoms with Crippen LogP contribution in [-0.4, -0.2) is 26.1 Å². The Labute approximate surface area is 190 Å². The maximum atomic E-state index is 13.5. The largest absolute Gasteiger partial charge is 0.330 e. The lowest BCUT2D eigenvalue weighted by molar-refractivity contribution is -0.924. The molecule has 2 bridgehead atoms. The van der Waals surface area contributed by atoms with Crippen LogP contribution in [0.15, 0.2) is 70.4 Å². The van der Waals surface area contributed by atoms with E-state index in [9.17, 15) is 22.0 Å². The van der Waals surface area contributed by atoms with E-state index in [1.165, 1.54) is 35.2 Å². The van der Waals surface area contributed by atoms with Gasteiger partial charge in [0.2, 0.25) is 0 Å². The molecule has 0 radical (unpaired) electrons. The SMILES string of the molecule is O=c1c(NS(=O)(=O)c2cccc(F)c2)ccc2n1C[C@H]1C[C@@H]2C[NH+](Cc2ccc(F)cc2)C1. The fourth-order valence-electron chi connectivity index (χ4n) is 5.12. The van der Waals surface area contributed by atoms with Crippen molar-refractivity contribution in [3.63, 3.8) is 0 Å². The predicted molar refractivity (Wildman–Crippen MR) is 120 cm³/mol. The number of nitrogens with one attached hydrogen (secondary N) is 2. The normalized spacial score (nSPS) is 21.9. The second kappa shape index (κ2) is 8.39. The van der Waals surface area contributed by atoms with Gasteiger partial charge in [-0.2, -0.15) is 0 Å². The van der Waals surface area contributed by atoms with Crippen LogP contribution in [0.5, 0.6) is 0 Å². The summed E-state index contributed by atoms with van der Waals surface area (Å²) in [6, 6.07) is 14.5. The highest BCUT2D eigenvalue weighted by Gasteiger charge is 2.37. The number of aromatic nitrogens is 1. The highest BCUT2D eigenvalue weighted by molar-refractivity contribution is 7.92. The van der Waals surface area contributed by atoms with Crippen LogP contribution in [0.25, 0.3) is 0 Å². The van der Waals surface area contributed by atoms with Gasteiger partial charge in [0.05, 0.1) is 18.0 Å². The van der Waals surface area contributed by atoms with Crippen molar-refractivity contribution in [2.24, 2.45) is 5.92 Å². The number of quaternary nitrogens is 1. The summed E-state index contributed by atoms with van der Waals surface area (Å²) in [5.41, 5.74) is 1.55. The minimum absolute atomic E-state index is 0.0431. The van der Waals surface area contributed by atoms with Crippen LogP contribution < -0.4 is 15.2 Å². The van der Waals surface area contributed by atoms with Crippen molar-refractivity contribution in [1.29, 1.82) is 0 Å². The maximum absolute atomic E-state index is 13.5. The first-order chi connectivity index (χ1) is 15.8. The third-order valence-corrected chi connectivity index (χ3v) is 7.88. The second-order valence-corrected chi connectivity index (χ2v) is 10.6. The second-order valence-electron chi connectivity index (χ2n) is 8.91. The molecule has 2 aliphatic rings. The third-order valence-electron chi connectivity index (χ3n) is 6.52. The van der Waals surface area contributed by atoms with E-state index in [2.05, 4.69) is 4.72 Å². The maximum Gasteiger partial charge on any atom is 0.275 e. The third kappa shape index (κ3) is 4.43. The highest BCUT2D eigenvalue weighted by atomic mass is 32.2. The zero-order chi connectivity index (χ0) is 23.2. The predicted octanol–water partition coefficient (Wildman–Crippen LogP) is 2.13. The van der Waals surface area contributed by atoms with Crippen LogP contribution in [0.1, 0.15) is 23.6 Å². The van der Waals surface area contributed by atoms with Gasteiger partial charge in [0, 0.05) is 29.6 Å². The smallest absolute Gasteiger partial charge is 0.275 e. The van der Waals surface area contributed by atoms with Crippen molar-refractivity contribution in [2.75, 3.05) is 17.8 Å². The molecule has 6 nitrogen and oxygen atoms in total. The first-order valence-electron chi connectivity index (χ1n) is 10.9. The van der Waals surface area contributed by atoms with Crippen molar-refractivity contribution in [2.45, 2.75) is 30.3 Å². The zero-order valence-corrected chi connectivity index (χ0v) is 18.6. The molecule has 1 unspecified atom stereocenters. The van der Waals surface area contributed by atoms with Crippen molar-refractivity contribution in [3.8, 4) is 0 Å². The summed E-state index contributed by atoms with van der Waals surface area (Å²) in [7, 11) is -4.08. The Hall–Kier alpha value is -3.04. The Bertz CT molecular complexity index is 1360. The van der Waals surface area contributed by atoms with Gasteiger partial charge in [0.25, 0.3) is 15.6 Å². The molecule has 3 heterocycles. The quantitative estimate of drug-likeness (QED) is 0.598. The Balaban J connectivity index is 1.38. The van der Waals surface area contributed by atoms with Gasteiger partial charge in [-0.3, -0.25) is 9.52 Å². The van der Waals surface area contributed by atoms with Crippen LogP contribution in [0.3, 0.4) is 0 Å². The molecule has 0 saturated carbocycles. The van der Waals surface area contributed by atoms with Gasteiger partial charge in [0.1, 0.15) is 23.9 Å². The highest BCUT2D eigenvalue weighted by Crippen LogP contribution is 2.31. The fourth-order valence-corrected chi connectivity index (χ4v) is 6.21. The monoisotopic (exact) mass is 472 g/mol. The molecule has 172 valence electrons. The fraction of sp³-hybridized carbons (Fsp3) is 0.292. The summed E-state index contributed by atoms with van der Waals surface area (Å²) in [4.78, 5) is 14.3. The first kappa shape index (κ1) is 21.8. The molecule has 2 aliphatic heterocycles. The standard InChI is InChI=1S/C24H23F2N3O3S/c25-19-6-4-16(5-7-19)12-28-13-17-10-18(15-28)23-9-8-22(24(30)29(23)14-17)27-33(31,32)21-3-1-2-20(26)11-21/h1-9,11,17-18,27H,10,12-15H2/p+1/t17-,18+/m0/s1. The molecule has 2 aromatic carbocycles. The number of hydrogen-bond donors (Lipinski definition) is 2. The molecule has 9 heteroatoms. The van der Waals surface area contributed by atoms with E-state index in [4.69, 9.17) is 0 Å². The number of benzene rings is 2. The van der Waals surface area contributed by atoms with E-state index < -0.39 is 15.8 Å². The lowest BCUT2D eigenvalue weighted by Crippen LogP contribution is -3.13. The molecule has 0 amide bonds. The zero-order valence-electron chi connectivity index (χ0n) is 17.8. The average molecular weight is 473 g/mol. The Morgan fingerprint density at radius 3 is 2.55 bits per heavy atom. The molecule has 2 N–H and O–H groups in total. The lowest BCUT2D eigenvalue weighted by Gasteiger charge is -2.40. The minimum atomic E-state index is -4.08. The van der Waals surface area contributed by atoms with Gasteiger partial charge >= 0.3 is 0 Å². The number of piperidine rings is 1. The van der Waals surface area contributed by atoms with Gasteiger partial charge in [-0.15, -0.1) is 0 Å². The molecule has 3 atom stereocenters. The Morgan fingerprint density at radius 1 is 1.00 bits per heavy atom. The van der Waals surface area contributed by atoms with Crippen LogP contribution >= 0.6 is 0 Å². The van der Waals surface area contributed by atoms with Gasteiger partial charge in [-0.05, 0) is 48.9 Å². The van der Waals surface area contributed by atoms with Crippen molar-refractivity contribution in [3.05, 3.63) is 93.9 Å². The number of halogens is 2. The average Bonchev–Trinajstić information content (AvgIpc) is 2.77. The van der Waals surface area contributed by atoms with E-state index >= 15 is 0 Å². The Kier molecular flexibility index (Phi) is 5.54. The molecule has 1 aromatic heterocycles. The lowest BCUT2D eigenvalue weighted by atomic mass is 9.83. The molecule has 33 heavy (non-hydrogen) atoms. The number of rotatable bonds is 5. The first-order valence-corrected chi connectivity index (χ1v) is 12.4. The van der Waals surface area contributed by atoms with Crippen molar-refractivity contribution < 1.29 is 22.1 Å². The molecule has 1 saturated heterocycles. The van der Waals surface area contributed by atoms with E-state index in [1.807, 2.05) is 18.2 Å². The number of hydrogen-bond acceptors (Lipinski definition) is 3. The molecule has 5 rings (SSSR count). The van der Waals surface area contributed by atoms with Crippen molar-refractivity contribution >= 4 is 15.7 Å². The topological polar surface area (TPSA) is 72.6 Å². The van der Waals surface area contributed by atoms with E-state index in [0.29, 0.717) is 12.5 Å². The van der Waals surface area contributed by atoms with Crippen LogP contribution in [0, 0.1) is 17.6 Å². The Morgan fingerprint density at radius 2 is 1.79 bits per heavy atom. The number of fused-ring (bicyclic) bond motifs is 4.